The van der Waals surface area contributed by atoms with Crippen LogP contribution in [0, 0.1) is 5.92 Å². The third kappa shape index (κ3) is 3.91. The highest BCUT2D eigenvalue weighted by Gasteiger charge is 2.42. The highest BCUT2D eigenvalue weighted by molar-refractivity contribution is 7.94. The molecule has 0 saturated carbocycles. The zero-order valence-corrected chi connectivity index (χ0v) is 17.0. The van der Waals surface area contributed by atoms with Gasteiger partial charge < -0.3 is 5.32 Å². The van der Waals surface area contributed by atoms with E-state index in [1.54, 1.807) is 19.1 Å². The van der Waals surface area contributed by atoms with Crippen LogP contribution in [0.2, 0.25) is 15.1 Å². The Balaban J connectivity index is 1.89. The summed E-state index contributed by atoms with van der Waals surface area (Å²) in [5.74, 6) is -1.97. The van der Waals surface area contributed by atoms with Crippen LogP contribution in [0.1, 0.15) is 17.3 Å². The van der Waals surface area contributed by atoms with Crippen molar-refractivity contribution >= 4 is 68.0 Å². The summed E-state index contributed by atoms with van der Waals surface area (Å²) in [5.41, 5.74) is 0.538. The Morgan fingerprint density at radius 3 is 2.37 bits per heavy atom. The molecular weight excluding hydrogens is 435 g/mol. The maximum atomic E-state index is 12.5. The number of halogens is 3. The molecule has 2 aromatic rings. The van der Waals surface area contributed by atoms with Crippen molar-refractivity contribution in [1.82, 2.24) is 0 Å². The fourth-order valence-electron chi connectivity index (χ4n) is 2.68. The molecule has 0 aliphatic carbocycles. The summed E-state index contributed by atoms with van der Waals surface area (Å²) in [4.78, 5) is 24.6. The van der Waals surface area contributed by atoms with Gasteiger partial charge in [0, 0.05) is 5.02 Å². The third-order valence-corrected chi connectivity index (χ3v) is 6.70. The number of hydrogen-bond acceptors (Lipinski definition) is 4. The number of carbonyl (C=O) groups excluding carboxylic acids is 2. The second-order valence-electron chi connectivity index (χ2n) is 6.02. The van der Waals surface area contributed by atoms with Crippen LogP contribution in [-0.2, 0) is 14.8 Å². The molecule has 1 aliphatic rings. The van der Waals surface area contributed by atoms with Crippen LogP contribution >= 0.6 is 34.8 Å². The van der Waals surface area contributed by atoms with E-state index in [0.29, 0.717) is 10.7 Å². The Bertz CT molecular complexity index is 1060. The minimum atomic E-state index is -3.75. The van der Waals surface area contributed by atoms with E-state index in [1.807, 2.05) is 0 Å². The quantitative estimate of drug-likeness (QED) is 0.764. The minimum absolute atomic E-state index is 0.00219. The first-order valence-electron chi connectivity index (χ1n) is 7.73. The Morgan fingerprint density at radius 2 is 1.81 bits per heavy atom. The Kier molecular flexibility index (Phi) is 5.40. The molecule has 142 valence electrons. The van der Waals surface area contributed by atoms with Gasteiger partial charge in [-0.2, -0.15) is 0 Å². The zero-order valence-electron chi connectivity index (χ0n) is 13.9. The molecule has 6 nitrogen and oxygen atoms in total. The Labute approximate surface area is 171 Å². The van der Waals surface area contributed by atoms with E-state index in [1.165, 1.54) is 24.3 Å². The van der Waals surface area contributed by atoms with Crippen molar-refractivity contribution in [3.8, 4) is 0 Å². The van der Waals surface area contributed by atoms with Crippen LogP contribution < -0.4 is 9.62 Å². The maximum absolute atomic E-state index is 12.5. The van der Waals surface area contributed by atoms with Crippen LogP contribution in [0.5, 0.6) is 0 Å². The Hall–Kier alpha value is -1.80. The molecule has 1 fully saturated rings. The Morgan fingerprint density at radius 1 is 1.11 bits per heavy atom. The van der Waals surface area contributed by atoms with Gasteiger partial charge >= 0.3 is 0 Å². The number of nitrogens with zero attached hydrogens (tertiary/aromatic N) is 1. The van der Waals surface area contributed by atoms with Crippen molar-refractivity contribution in [2.75, 3.05) is 15.4 Å². The summed E-state index contributed by atoms with van der Waals surface area (Å²) in [5, 5.41) is 3.28. The summed E-state index contributed by atoms with van der Waals surface area (Å²) in [6.45, 7) is 1.54. The van der Waals surface area contributed by atoms with E-state index < -0.39 is 27.8 Å². The standard InChI is InChI=1S/C17H13Cl3N2O4S/c1-9-8-27(25,26)22(17(9)24)11-3-4-12(13(19)7-11)16(23)21-15-5-2-10(18)6-14(15)20/h2-7,9H,8H2,1H3,(H,21,23). The lowest BCUT2D eigenvalue weighted by Gasteiger charge is -2.16. The molecule has 10 heteroatoms. The van der Waals surface area contributed by atoms with Gasteiger partial charge in [0.2, 0.25) is 15.9 Å². The topological polar surface area (TPSA) is 83.6 Å². The van der Waals surface area contributed by atoms with Crippen molar-refractivity contribution in [3.05, 3.63) is 57.0 Å². The molecule has 2 aromatic carbocycles. The molecule has 0 bridgehead atoms. The highest BCUT2D eigenvalue weighted by atomic mass is 35.5. The van der Waals surface area contributed by atoms with Crippen molar-refractivity contribution < 1.29 is 18.0 Å². The molecule has 1 saturated heterocycles. The summed E-state index contributed by atoms with van der Waals surface area (Å²) in [6, 6.07) is 8.57. The van der Waals surface area contributed by atoms with Gasteiger partial charge in [0.15, 0.2) is 0 Å². The largest absolute Gasteiger partial charge is 0.321 e. The van der Waals surface area contributed by atoms with Gasteiger partial charge in [-0.25, -0.2) is 12.7 Å². The number of sulfonamides is 1. The average molecular weight is 448 g/mol. The van der Waals surface area contributed by atoms with Gasteiger partial charge in [-0.05, 0) is 36.4 Å². The minimum Gasteiger partial charge on any atom is -0.321 e. The number of amides is 2. The molecule has 27 heavy (non-hydrogen) atoms. The summed E-state index contributed by atoms with van der Waals surface area (Å²) < 4.78 is 25.1. The van der Waals surface area contributed by atoms with Crippen LogP contribution in [0.4, 0.5) is 11.4 Å². The van der Waals surface area contributed by atoms with Crippen molar-refractivity contribution in [3.63, 3.8) is 0 Å². The zero-order chi connectivity index (χ0) is 19.9. The number of hydrogen-bond donors (Lipinski definition) is 1. The molecule has 0 radical (unpaired) electrons. The first-order chi connectivity index (χ1) is 12.6. The molecule has 0 spiro atoms. The number of nitrogens with one attached hydrogen (secondary N) is 1. The first kappa shape index (κ1) is 19.9. The summed E-state index contributed by atoms with van der Waals surface area (Å²) in [6.07, 6.45) is 0. The van der Waals surface area contributed by atoms with Gasteiger partial charge in [0.25, 0.3) is 5.91 Å². The van der Waals surface area contributed by atoms with Crippen molar-refractivity contribution in [2.24, 2.45) is 5.92 Å². The van der Waals surface area contributed by atoms with Crippen LogP contribution in [0.25, 0.3) is 0 Å². The van der Waals surface area contributed by atoms with E-state index in [9.17, 15) is 18.0 Å². The molecule has 0 aromatic heterocycles. The van der Waals surface area contributed by atoms with Gasteiger partial charge in [-0.3, -0.25) is 9.59 Å². The number of rotatable bonds is 3. The summed E-state index contributed by atoms with van der Waals surface area (Å²) >= 11 is 18.0. The predicted octanol–water partition coefficient (Wildman–Crippen LogP) is 4.21. The van der Waals surface area contributed by atoms with Crippen LogP contribution in [0.15, 0.2) is 36.4 Å². The monoisotopic (exact) mass is 446 g/mol. The first-order valence-corrected chi connectivity index (χ1v) is 10.5. The summed E-state index contributed by atoms with van der Waals surface area (Å²) in [7, 11) is -3.75. The third-order valence-electron chi connectivity index (χ3n) is 3.97. The molecule has 1 N–H and O–H groups in total. The predicted molar refractivity (Wildman–Crippen MR) is 106 cm³/mol. The number of anilines is 2. The number of benzene rings is 2. The van der Waals surface area contributed by atoms with E-state index >= 15 is 0 Å². The molecule has 1 aliphatic heterocycles. The normalized spacial score (nSPS) is 18.6. The molecule has 3 rings (SSSR count). The van der Waals surface area contributed by atoms with E-state index in [4.69, 9.17) is 34.8 Å². The lowest BCUT2D eigenvalue weighted by atomic mass is 10.1. The van der Waals surface area contributed by atoms with Gasteiger partial charge in [-0.15, -0.1) is 0 Å². The fraction of sp³-hybridized carbons (Fsp3) is 0.176. The molecule has 2 amide bonds. The van der Waals surface area contributed by atoms with Gasteiger partial charge in [0.05, 0.1) is 38.7 Å². The van der Waals surface area contributed by atoms with E-state index in [0.717, 1.165) is 4.31 Å². The lowest BCUT2D eigenvalue weighted by Crippen LogP contribution is -2.30. The van der Waals surface area contributed by atoms with Gasteiger partial charge in [0.1, 0.15) is 0 Å². The average Bonchev–Trinajstić information content (AvgIpc) is 2.77. The fourth-order valence-corrected chi connectivity index (χ4v) is 5.21. The van der Waals surface area contributed by atoms with Crippen molar-refractivity contribution in [2.45, 2.75) is 6.92 Å². The smallest absolute Gasteiger partial charge is 0.257 e. The van der Waals surface area contributed by atoms with Crippen LogP contribution in [-0.4, -0.2) is 26.0 Å². The molecule has 1 unspecified atom stereocenters. The SMILES string of the molecule is CC1CS(=O)(=O)N(c2ccc(C(=O)Nc3ccc(Cl)cc3Cl)c(Cl)c2)C1=O. The maximum Gasteiger partial charge on any atom is 0.257 e. The second kappa shape index (κ2) is 7.31. The number of carbonyl (C=O) groups is 2. The van der Waals surface area contributed by atoms with Gasteiger partial charge in [-0.1, -0.05) is 41.7 Å². The van der Waals surface area contributed by atoms with E-state index in [2.05, 4.69) is 5.32 Å². The van der Waals surface area contributed by atoms with Crippen LogP contribution in [0.3, 0.4) is 0 Å². The molecular formula is C17H13Cl3N2O4S. The van der Waals surface area contributed by atoms with E-state index in [-0.39, 0.29) is 27.0 Å². The highest BCUT2D eigenvalue weighted by Crippen LogP contribution is 2.32. The molecule has 1 atom stereocenters. The lowest BCUT2D eigenvalue weighted by molar-refractivity contribution is -0.119. The van der Waals surface area contributed by atoms with Crippen molar-refractivity contribution in [1.29, 1.82) is 0 Å². The second-order valence-corrected chi connectivity index (χ2v) is 9.14. The molecule has 1 heterocycles.